The number of nitrogens with one attached hydrogen (secondary N) is 2. The topological polar surface area (TPSA) is 88.9 Å². The van der Waals surface area contributed by atoms with Gasteiger partial charge in [-0.05, 0) is 42.8 Å². The predicted molar refractivity (Wildman–Crippen MR) is 112 cm³/mol. The zero-order valence-electron chi connectivity index (χ0n) is 17.3. The van der Waals surface area contributed by atoms with Gasteiger partial charge in [0, 0.05) is 61.5 Å². The molecule has 0 radical (unpaired) electrons. The van der Waals surface area contributed by atoms with E-state index in [1.807, 2.05) is 13.0 Å². The number of amides is 2. The summed E-state index contributed by atoms with van der Waals surface area (Å²) in [6, 6.07) is 8.18. The first-order chi connectivity index (χ1) is 15.2. The molecule has 0 saturated carbocycles. The van der Waals surface area contributed by atoms with Crippen LogP contribution in [-0.2, 0) is 23.9 Å². The summed E-state index contributed by atoms with van der Waals surface area (Å²) >= 11 is 0. The lowest BCUT2D eigenvalue weighted by atomic mass is 10.1. The van der Waals surface area contributed by atoms with E-state index in [4.69, 9.17) is 0 Å². The highest BCUT2D eigenvalue weighted by Gasteiger charge is 2.32. The lowest BCUT2D eigenvalue weighted by Crippen LogP contribution is -2.27. The first-order valence-electron chi connectivity index (χ1n) is 9.90. The number of rotatable bonds is 8. The molecular weight excluding hydrogens is 423 g/mol. The van der Waals surface area contributed by atoms with Crippen molar-refractivity contribution in [3.05, 3.63) is 77.4 Å². The van der Waals surface area contributed by atoms with Crippen LogP contribution in [0.1, 0.15) is 33.6 Å². The maximum absolute atomic E-state index is 13.3. The molecule has 2 heterocycles. The Morgan fingerprint density at radius 2 is 1.94 bits per heavy atom. The van der Waals surface area contributed by atoms with Crippen molar-refractivity contribution in [1.29, 1.82) is 0 Å². The molecule has 2 amide bonds. The average Bonchev–Trinajstić information content (AvgIpc) is 3.26. The highest BCUT2D eigenvalue weighted by Crippen LogP contribution is 2.32. The zero-order chi connectivity index (χ0) is 23.1. The number of halogens is 3. The highest BCUT2D eigenvalue weighted by atomic mass is 19.4. The van der Waals surface area contributed by atoms with Crippen LogP contribution in [0.25, 0.3) is 0 Å². The monoisotopic (exact) mass is 445 g/mol. The molecule has 0 aliphatic carbocycles. The Morgan fingerprint density at radius 3 is 2.62 bits per heavy atom. The SMILES string of the molecule is Cc1cccnc1CCNC(=O)c1cc(NC(=O)CCn2cccn2)cc(C(F)(F)F)c1. The molecule has 0 unspecified atom stereocenters. The second-order valence-corrected chi connectivity index (χ2v) is 7.14. The lowest BCUT2D eigenvalue weighted by Gasteiger charge is -2.13. The van der Waals surface area contributed by atoms with E-state index in [-0.39, 0.29) is 30.8 Å². The molecule has 3 rings (SSSR count). The van der Waals surface area contributed by atoms with Crippen molar-refractivity contribution in [2.45, 2.75) is 32.5 Å². The van der Waals surface area contributed by atoms with E-state index in [9.17, 15) is 22.8 Å². The van der Waals surface area contributed by atoms with Gasteiger partial charge in [-0.2, -0.15) is 18.3 Å². The Bertz CT molecular complexity index is 1080. The average molecular weight is 445 g/mol. The fraction of sp³-hybridized carbons (Fsp3) is 0.273. The van der Waals surface area contributed by atoms with Crippen molar-refractivity contribution in [2.75, 3.05) is 11.9 Å². The molecule has 3 aromatic rings. The van der Waals surface area contributed by atoms with E-state index in [2.05, 4.69) is 20.7 Å². The Kier molecular flexibility index (Phi) is 7.24. The van der Waals surface area contributed by atoms with Crippen molar-refractivity contribution in [3.63, 3.8) is 0 Å². The minimum atomic E-state index is -4.67. The predicted octanol–water partition coefficient (Wildman–Crippen LogP) is 3.61. The summed E-state index contributed by atoms with van der Waals surface area (Å²) in [7, 11) is 0. The van der Waals surface area contributed by atoms with Crippen LogP contribution in [0.3, 0.4) is 0 Å². The molecule has 0 saturated heterocycles. The largest absolute Gasteiger partial charge is 0.416 e. The third-order valence-corrected chi connectivity index (χ3v) is 4.70. The Hall–Kier alpha value is -3.69. The van der Waals surface area contributed by atoms with Gasteiger partial charge < -0.3 is 10.6 Å². The normalized spacial score (nSPS) is 11.2. The van der Waals surface area contributed by atoms with Crippen LogP contribution in [-0.4, -0.2) is 33.1 Å². The maximum atomic E-state index is 13.3. The summed E-state index contributed by atoms with van der Waals surface area (Å²) in [4.78, 5) is 28.9. The van der Waals surface area contributed by atoms with Gasteiger partial charge in [0.05, 0.1) is 5.56 Å². The second-order valence-electron chi connectivity index (χ2n) is 7.14. The molecular formula is C22H22F3N5O2. The van der Waals surface area contributed by atoms with Crippen LogP contribution in [0, 0.1) is 6.92 Å². The van der Waals surface area contributed by atoms with E-state index in [0.717, 1.165) is 23.4 Å². The summed E-state index contributed by atoms with van der Waals surface area (Å²) in [6.07, 6.45) is 0.655. The maximum Gasteiger partial charge on any atom is 0.416 e. The van der Waals surface area contributed by atoms with Gasteiger partial charge in [-0.1, -0.05) is 6.07 Å². The van der Waals surface area contributed by atoms with Crippen LogP contribution in [0.15, 0.2) is 55.0 Å². The number of pyridine rings is 1. The van der Waals surface area contributed by atoms with Crippen LogP contribution in [0.5, 0.6) is 0 Å². The molecule has 168 valence electrons. The number of carbonyl (C=O) groups is 2. The second kappa shape index (κ2) is 10.1. The number of benzene rings is 1. The molecule has 10 heteroatoms. The first kappa shape index (κ1) is 23.0. The van der Waals surface area contributed by atoms with Crippen molar-refractivity contribution < 1.29 is 22.8 Å². The summed E-state index contributed by atoms with van der Waals surface area (Å²) in [5, 5.41) is 9.00. The van der Waals surface area contributed by atoms with Crippen molar-refractivity contribution in [2.24, 2.45) is 0 Å². The minimum Gasteiger partial charge on any atom is -0.352 e. The number of hydrogen-bond acceptors (Lipinski definition) is 4. The Labute approximate surface area is 182 Å². The van der Waals surface area contributed by atoms with Gasteiger partial charge in [-0.25, -0.2) is 0 Å². The van der Waals surface area contributed by atoms with Gasteiger partial charge in [0.25, 0.3) is 5.91 Å². The lowest BCUT2D eigenvalue weighted by molar-refractivity contribution is -0.137. The first-order valence-corrected chi connectivity index (χ1v) is 9.90. The molecule has 32 heavy (non-hydrogen) atoms. The number of nitrogens with zero attached hydrogens (tertiary/aromatic N) is 3. The van der Waals surface area contributed by atoms with Gasteiger partial charge in [0.1, 0.15) is 0 Å². The molecule has 0 bridgehead atoms. The number of hydrogen-bond donors (Lipinski definition) is 2. The van der Waals surface area contributed by atoms with E-state index in [1.54, 1.807) is 30.7 Å². The van der Waals surface area contributed by atoms with E-state index in [1.165, 1.54) is 10.7 Å². The van der Waals surface area contributed by atoms with Crippen LogP contribution < -0.4 is 10.6 Å². The van der Waals surface area contributed by atoms with E-state index in [0.29, 0.717) is 6.42 Å². The molecule has 0 spiro atoms. The van der Waals surface area contributed by atoms with E-state index < -0.39 is 23.6 Å². The van der Waals surface area contributed by atoms with E-state index >= 15 is 0 Å². The number of alkyl halides is 3. The van der Waals surface area contributed by atoms with Gasteiger partial charge >= 0.3 is 6.18 Å². The summed E-state index contributed by atoms with van der Waals surface area (Å²) in [5.41, 5.74) is 0.437. The molecule has 1 aromatic carbocycles. The third-order valence-electron chi connectivity index (χ3n) is 4.70. The standard InChI is InChI=1S/C22H22F3N5O2/c1-15-4-2-7-26-19(15)5-9-27-21(32)16-12-17(22(23,24)25)14-18(13-16)29-20(31)6-11-30-10-3-8-28-30/h2-4,7-8,10,12-14H,5-6,9,11H2,1H3,(H,27,32)(H,29,31). The molecule has 0 aliphatic rings. The van der Waals surface area contributed by atoms with Crippen molar-refractivity contribution >= 4 is 17.5 Å². The van der Waals surface area contributed by atoms with Crippen LogP contribution in [0.2, 0.25) is 0 Å². The van der Waals surface area contributed by atoms with Crippen molar-refractivity contribution in [1.82, 2.24) is 20.1 Å². The number of carbonyl (C=O) groups excluding carboxylic acids is 2. The number of aromatic nitrogens is 3. The molecule has 0 fully saturated rings. The summed E-state index contributed by atoms with van der Waals surface area (Å²) in [6.45, 7) is 2.37. The molecule has 2 N–H and O–H groups in total. The van der Waals surface area contributed by atoms with Crippen LogP contribution >= 0.6 is 0 Å². The van der Waals surface area contributed by atoms with Gasteiger partial charge in [-0.3, -0.25) is 19.3 Å². The molecule has 2 aromatic heterocycles. The fourth-order valence-corrected chi connectivity index (χ4v) is 3.04. The third kappa shape index (κ3) is 6.40. The fourth-order valence-electron chi connectivity index (χ4n) is 3.04. The zero-order valence-corrected chi connectivity index (χ0v) is 17.3. The Balaban J connectivity index is 1.68. The summed E-state index contributed by atoms with van der Waals surface area (Å²) < 4.78 is 41.5. The van der Waals surface area contributed by atoms with Gasteiger partial charge in [0.2, 0.25) is 5.91 Å². The molecule has 7 nitrogen and oxygen atoms in total. The number of aryl methyl sites for hydroxylation is 2. The Morgan fingerprint density at radius 1 is 1.12 bits per heavy atom. The molecule has 0 atom stereocenters. The number of anilines is 1. The smallest absolute Gasteiger partial charge is 0.352 e. The van der Waals surface area contributed by atoms with Crippen LogP contribution in [0.4, 0.5) is 18.9 Å². The quantitative estimate of drug-likeness (QED) is 0.555. The van der Waals surface area contributed by atoms with Gasteiger partial charge in [0.15, 0.2) is 0 Å². The van der Waals surface area contributed by atoms with Gasteiger partial charge in [-0.15, -0.1) is 0 Å². The minimum absolute atomic E-state index is 0.0167. The highest BCUT2D eigenvalue weighted by molar-refractivity contribution is 5.97. The van der Waals surface area contributed by atoms with Crippen molar-refractivity contribution in [3.8, 4) is 0 Å². The molecule has 0 aliphatic heterocycles. The summed E-state index contributed by atoms with van der Waals surface area (Å²) in [5.74, 6) is -1.16.